The smallest absolute Gasteiger partial charge is 0.257 e. The first-order valence-electron chi connectivity index (χ1n) is 8.07. The molecular formula is C20H22N2O2. The second-order valence-electron chi connectivity index (χ2n) is 5.78. The summed E-state index contributed by atoms with van der Waals surface area (Å²) in [6, 6.07) is 19.1. The van der Waals surface area contributed by atoms with Gasteiger partial charge in [-0.3, -0.25) is 4.79 Å². The molecule has 2 aromatic rings. The molecule has 24 heavy (non-hydrogen) atoms. The molecule has 0 saturated heterocycles. The van der Waals surface area contributed by atoms with Crippen molar-refractivity contribution in [2.24, 2.45) is 0 Å². The molecule has 2 aromatic carbocycles. The van der Waals surface area contributed by atoms with Gasteiger partial charge in [0, 0.05) is 13.1 Å². The summed E-state index contributed by atoms with van der Waals surface area (Å²) in [6.07, 6.45) is 0.284. The van der Waals surface area contributed by atoms with Crippen LogP contribution in [0.25, 0.3) is 0 Å². The highest BCUT2D eigenvalue weighted by atomic mass is 16.5. The largest absolute Gasteiger partial charge is 0.490 e. The fourth-order valence-electron chi connectivity index (χ4n) is 2.41. The Labute approximate surface area is 143 Å². The minimum Gasteiger partial charge on any atom is -0.490 e. The van der Waals surface area contributed by atoms with E-state index in [1.165, 1.54) is 0 Å². The Bertz CT molecular complexity index is 705. The van der Waals surface area contributed by atoms with Gasteiger partial charge in [-0.15, -0.1) is 0 Å². The Morgan fingerprint density at radius 1 is 1.12 bits per heavy atom. The van der Waals surface area contributed by atoms with Crippen molar-refractivity contribution in [1.29, 1.82) is 5.26 Å². The maximum Gasteiger partial charge on any atom is 0.257 e. The zero-order chi connectivity index (χ0) is 17.4. The third kappa shape index (κ3) is 4.85. The summed E-state index contributed by atoms with van der Waals surface area (Å²) in [4.78, 5) is 14.7. The van der Waals surface area contributed by atoms with E-state index in [2.05, 4.69) is 6.07 Å². The van der Waals surface area contributed by atoms with Crippen LogP contribution < -0.4 is 4.74 Å². The van der Waals surface area contributed by atoms with E-state index in [-0.39, 0.29) is 12.0 Å². The number of hydrogen-bond donors (Lipinski definition) is 0. The monoisotopic (exact) mass is 322 g/mol. The highest BCUT2D eigenvalue weighted by Gasteiger charge is 2.20. The molecule has 0 aliphatic rings. The van der Waals surface area contributed by atoms with E-state index >= 15 is 0 Å². The Balaban J connectivity index is 2.26. The third-order valence-corrected chi connectivity index (χ3v) is 3.48. The van der Waals surface area contributed by atoms with Crippen molar-refractivity contribution < 1.29 is 9.53 Å². The number of nitrogens with zero attached hydrogens (tertiary/aromatic N) is 2. The van der Waals surface area contributed by atoms with Gasteiger partial charge >= 0.3 is 0 Å². The van der Waals surface area contributed by atoms with Crippen LogP contribution >= 0.6 is 0 Å². The average Bonchev–Trinajstić information content (AvgIpc) is 2.59. The second kappa shape index (κ2) is 8.73. The third-order valence-electron chi connectivity index (χ3n) is 3.48. The van der Waals surface area contributed by atoms with Crippen molar-refractivity contribution in [3.63, 3.8) is 0 Å². The zero-order valence-electron chi connectivity index (χ0n) is 14.1. The van der Waals surface area contributed by atoms with Gasteiger partial charge in [0.25, 0.3) is 5.91 Å². The van der Waals surface area contributed by atoms with Gasteiger partial charge < -0.3 is 9.64 Å². The fraction of sp³-hybridized carbons (Fsp3) is 0.300. The van der Waals surface area contributed by atoms with Crippen LogP contribution in [0.2, 0.25) is 0 Å². The topological polar surface area (TPSA) is 53.3 Å². The number of hydrogen-bond acceptors (Lipinski definition) is 3. The van der Waals surface area contributed by atoms with Gasteiger partial charge in [-0.1, -0.05) is 42.5 Å². The number of ether oxygens (including phenoxy) is 1. The molecule has 0 saturated carbocycles. The standard InChI is InChI=1S/C20H22N2O2/c1-16(2)24-19-12-7-6-11-18(19)20(23)22(14-8-13-21)15-17-9-4-3-5-10-17/h3-7,9-12,16H,8,14-15H2,1-2H3. The zero-order valence-corrected chi connectivity index (χ0v) is 14.1. The van der Waals surface area contributed by atoms with E-state index in [0.717, 1.165) is 5.56 Å². The van der Waals surface area contributed by atoms with E-state index in [1.807, 2.05) is 56.3 Å². The lowest BCUT2D eigenvalue weighted by Crippen LogP contribution is -2.32. The second-order valence-corrected chi connectivity index (χ2v) is 5.78. The minimum atomic E-state index is -0.120. The molecule has 0 fully saturated rings. The van der Waals surface area contributed by atoms with Crippen molar-refractivity contribution in [3.8, 4) is 11.8 Å². The summed E-state index contributed by atoms with van der Waals surface area (Å²) in [7, 11) is 0. The van der Waals surface area contributed by atoms with Crippen molar-refractivity contribution in [3.05, 3.63) is 65.7 Å². The van der Waals surface area contributed by atoms with Crippen molar-refractivity contribution in [1.82, 2.24) is 4.90 Å². The Morgan fingerprint density at radius 3 is 2.46 bits per heavy atom. The number of benzene rings is 2. The molecule has 4 heteroatoms. The lowest BCUT2D eigenvalue weighted by molar-refractivity contribution is 0.0740. The van der Waals surface area contributed by atoms with Gasteiger partial charge in [-0.25, -0.2) is 0 Å². The maximum absolute atomic E-state index is 13.0. The SMILES string of the molecule is CC(C)Oc1ccccc1C(=O)N(CCC#N)Cc1ccccc1. The number of nitriles is 1. The molecule has 0 unspecified atom stereocenters. The van der Waals surface area contributed by atoms with E-state index in [1.54, 1.807) is 17.0 Å². The van der Waals surface area contributed by atoms with Crippen LogP contribution in [0.5, 0.6) is 5.75 Å². The normalized spacial score (nSPS) is 10.2. The Morgan fingerprint density at radius 2 is 1.79 bits per heavy atom. The molecule has 0 heterocycles. The molecule has 0 spiro atoms. The molecule has 0 radical (unpaired) electrons. The van der Waals surface area contributed by atoms with Gasteiger partial charge in [0.15, 0.2) is 0 Å². The van der Waals surface area contributed by atoms with Gasteiger partial charge in [-0.05, 0) is 31.5 Å². The first-order valence-corrected chi connectivity index (χ1v) is 8.07. The van der Waals surface area contributed by atoms with E-state index in [0.29, 0.717) is 30.8 Å². The molecular weight excluding hydrogens is 300 g/mol. The summed E-state index contributed by atoms with van der Waals surface area (Å²) < 4.78 is 5.76. The fourth-order valence-corrected chi connectivity index (χ4v) is 2.41. The molecule has 0 aliphatic carbocycles. The van der Waals surface area contributed by atoms with E-state index in [9.17, 15) is 4.79 Å². The van der Waals surface area contributed by atoms with Crippen LogP contribution in [-0.4, -0.2) is 23.5 Å². The van der Waals surface area contributed by atoms with Gasteiger partial charge in [0.1, 0.15) is 5.75 Å². The van der Waals surface area contributed by atoms with Crippen LogP contribution in [0.3, 0.4) is 0 Å². The van der Waals surface area contributed by atoms with E-state index < -0.39 is 0 Å². The maximum atomic E-state index is 13.0. The quantitative estimate of drug-likeness (QED) is 0.773. The number of para-hydroxylation sites is 1. The van der Waals surface area contributed by atoms with Crippen molar-refractivity contribution in [2.45, 2.75) is 32.9 Å². The van der Waals surface area contributed by atoms with Crippen LogP contribution in [0.1, 0.15) is 36.2 Å². The summed E-state index contributed by atoms with van der Waals surface area (Å²) in [5, 5.41) is 8.89. The van der Waals surface area contributed by atoms with Crippen LogP contribution in [0.4, 0.5) is 0 Å². The van der Waals surface area contributed by atoms with Crippen LogP contribution in [0.15, 0.2) is 54.6 Å². The Hall–Kier alpha value is -2.80. The molecule has 1 amide bonds. The lowest BCUT2D eigenvalue weighted by atomic mass is 10.1. The molecule has 4 nitrogen and oxygen atoms in total. The predicted octanol–water partition coefficient (Wildman–Crippen LogP) is 4.03. The number of amides is 1. The number of rotatable bonds is 7. The van der Waals surface area contributed by atoms with E-state index in [4.69, 9.17) is 10.00 Å². The van der Waals surface area contributed by atoms with Gasteiger partial charge in [0.05, 0.1) is 24.2 Å². The molecule has 124 valence electrons. The molecule has 0 aromatic heterocycles. The molecule has 0 atom stereocenters. The van der Waals surface area contributed by atoms with Crippen LogP contribution in [-0.2, 0) is 6.54 Å². The summed E-state index contributed by atoms with van der Waals surface area (Å²) >= 11 is 0. The predicted molar refractivity (Wildman–Crippen MR) is 93.6 cm³/mol. The number of carbonyl (C=O) groups is 1. The van der Waals surface area contributed by atoms with Gasteiger partial charge in [0.2, 0.25) is 0 Å². The summed E-state index contributed by atoms with van der Waals surface area (Å²) in [5.74, 6) is 0.456. The Kier molecular flexibility index (Phi) is 6.39. The van der Waals surface area contributed by atoms with Gasteiger partial charge in [-0.2, -0.15) is 5.26 Å². The number of carbonyl (C=O) groups excluding carboxylic acids is 1. The highest BCUT2D eigenvalue weighted by Crippen LogP contribution is 2.22. The van der Waals surface area contributed by atoms with Crippen LogP contribution in [0, 0.1) is 11.3 Å². The van der Waals surface area contributed by atoms with Crippen molar-refractivity contribution >= 4 is 5.91 Å². The first kappa shape index (κ1) is 17.6. The highest BCUT2D eigenvalue weighted by molar-refractivity contribution is 5.97. The van der Waals surface area contributed by atoms with Crippen molar-refractivity contribution in [2.75, 3.05) is 6.54 Å². The molecule has 0 N–H and O–H groups in total. The molecule has 0 aliphatic heterocycles. The summed E-state index contributed by atoms with van der Waals surface area (Å²) in [6.45, 7) is 4.72. The lowest BCUT2D eigenvalue weighted by Gasteiger charge is -2.23. The molecule has 2 rings (SSSR count). The summed E-state index contributed by atoms with van der Waals surface area (Å²) in [5.41, 5.74) is 1.56. The molecule has 0 bridgehead atoms. The average molecular weight is 322 g/mol. The minimum absolute atomic E-state index is 0.0133. The first-order chi connectivity index (χ1) is 11.6.